The van der Waals surface area contributed by atoms with E-state index in [0.717, 1.165) is 35.6 Å². The van der Waals surface area contributed by atoms with Gasteiger partial charge in [-0.05, 0) is 61.5 Å². The molecule has 1 aromatic carbocycles. The van der Waals surface area contributed by atoms with Crippen molar-refractivity contribution in [1.82, 2.24) is 4.72 Å². The maximum Gasteiger partial charge on any atom is 0.233 e. The number of unbranched alkanes of at least 4 members (excludes halogenated alkanes) is 3. The zero-order chi connectivity index (χ0) is 25.6. The number of aliphatic hydroxyl groups is 3. The predicted molar refractivity (Wildman–Crippen MR) is 136 cm³/mol. The third kappa shape index (κ3) is 8.08. The van der Waals surface area contributed by atoms with Crippen LogP contribution in [0.3, 0.4) is 0 Å². The third-order valence-electron chi connectivity index (χ3n) is 6.76. The number of benzene rings is 1. The summed E-state index contributed by atoms with van der Waals surface area (Å²) in [6, 6.07) is 9.48. The summed E-state index contributed by atoms with van der Waals surface area (Å²) in [5.74, 6) is -1.11. The molecule has 8 nitrogen and oxygen atoms in total. The first-order valence-electron chi connectivity index (χ1n) is 12.1. The second-order valence-electron chi connectivity index (χ2n) is 9.55. The molecule has 1 aliphatic carbocycles. The molecule has 1 heterocycles. The summed E-state index contributed by atoms with van der Waals surface area (Å²) >= 11 is 1.36. The Balaban J connectivity index is 1.43. The molecule has 10 heteroatoms. The molecular formula is C25H35NO7S2. The first kappa shape index (κ1) is 27.7. The topological polar surface area (TPSA) is 141 Å². The van der Waals surface area contributed by atoms with E-state index in [1.807, 2.05) is 29.0 Å². The average Bonchev–Trinajstić information content (AvgIpc) is 3.33. The first-order chi connectivity index (χ1) is 16.5. The Morgan fingerprint density at radius 2 is 1.71 bits per heavy atom. The highest BCUT2D eigenvalue weighted by molar-refractivity contribution is 7.89. The van der Waals surface area contributed by atoms with Crippen LogP contribution in [0.15, 0.2) is 30.3 Å². The quantitative estimate of drug-likeness (QED) is 0.233. The van der Waals surface area contributed by atoms with Crippen molar-refractivity contribution in [3.63, 3.8) is 0 Å². The lowest BCUT2D eigenvalue weighted by atomic mass is 9.84. The normalized spacial score (nSPS) is 23.4. The fourth-order valence-corrected chi connectivity index (χ4v) is 6.57. The summed E-state index contributed by atoms with van der Waals surface area (Å²) in [4.78, 5) is 24.8. The van der Waals surface area contributed by atoms with Gasteiger partial charge in [-0.15, -0.1) is 11.3 Å². The molecular weight excluding hydrogens is 490 g/mol. The van der Waals surface area contributed by atoms with Crippen LogP contribution < -0.4 is 4.72 Å². The second-order valence-corrected chi connectivity index (χ2v) is 12.4. The molecule has 1 aromatic heterocycles. The summed E-state index contributed by atoms with van der Waals surface area (Å²) in [6.07, 6.45) is 3.31. The highest BCUT2D eigenvalue weighted by Gasteiger charge is 2.41. The van der Waals surface area contributed by atoms with Crippen LogP contribution in [0.2, 0.25) is 0 Å². The number of thiophene rings is 1. The summed E-state index contributed by atoms with van der Waals surface area (Å²) in [5, 5.41) is 32.4. The van der Waals surface area contributed by atoms with E-state index in [4.69, 9.17) is 0 Å². The molecule has 0 spiro atoms. The molecule has 0 radical (unpaired) electrons. The Morgan fingerprint density at radius 3 is 2.40 bits per heavy atom. The number of rotatable bonds is 13. The van der Waals surface area contributed by atoms with Crippen LogP contribution in [0, 0.1) is 11.8 Å². The van der Waals surface area contributed by atoms with E-state index in [-0.39, 0.29) is 30.5 Å². The number of carbonyl (C=O) groups is 2. The lowest BCUT2D eigenvalue weighted by Gasteiger charge is -2.24. The van der Waals surface area contributed by atoms with E-state index in [9.17, 15) is 33.3 Å². The smallest absolute Gasteiger partial charge is 0.233 e. The molecule has 0 saturated heterocycles. The number of carbonyl (C=O) groups excluding carboxylic acids is 2. The molecule has 1 aliphatic rings. The second kappa shape index (κ2) is 12.4. The Bertz CT molecular complexity index is 1080. The maximum atomic E-state index is 12.7. The number of hydrogen-bond donors (Lipinski definition) is 4. The third-order valence-corrected chi connectivity index (χ3v) is 8.49. The number of sulfonamides is 1. The van der Waals surface area contributed by atoms with Crippen LogP contribution >= 0.6 is 11.3 Å². The van der Waals surface area contributed by atoms with Crippen molar-refractivity contribution in [1.29, 1.82) is 0 Å². The van der Waals surface area contributed by atoms with Gasteiger partial charge < -0.3 is 15.3 Å². The molecule has 1 saturated carbocycles. The summed E-state index contributed by atoms with van der Waals surface area (Å²) in [6.45, 7) is 0. The molecule has 5 atom stereocenters. The van der Waals surface area contributed by atoms with E-state index in [1.54, 1.807) is 6.07 Å². The van der Waals surface area contributed by atoms with E-state index >= 15 is 0 Å². The molecule has 0 aliphatic heterocycles. The number of fused-ring (bicyclic) bond motifs is 1. The predicted octanol–water partition coefficient (Wildman–Crippen LogP) is 3.00. The Hall–Kier alpha value is -1.85. The Morgan fingerprint density at radius 1 is 1.06 bits per heavy atom. The molecule has 2 aromatic rings. The Labute approximate surface area is 210 Å². The van der Waals surface area contributed by atoms with Gasteiger partial charge in [0.25, 0.3) is 0 Å². The van der Waals surface area contributed by atoms with Gasteiger partial charge >= 0.3 is 0 Å². The van der Waals surface area contributed by atoms with Crippen LogP contribution in [-0.4, -0.2) is 60.0 Å². The van der Waals surface area contributed by atoms with Gasteiger partial charge in [0.15, 0.2) is 0 Å². The number of Topliss-reactive ketones (excluding diaryl/α,β-unsaturated/α-hetero) is 1. The summed E-state index contributed by atoms with van der Waals surface area (Å²) in [5.41, 5.74) is 0. The van der Waals surface area contributed by atoms with Crippen LogP contribution in [-0.2, 0) is 14.8 Å². The van der Waals surface area contributed by atoms with Gasteiger partial charge in [-0.1, -0.05) is 37.5 Å². The highest BCUT2D eigenvalue weighted by atomic mass is 32.2. The van der Waals surface area contributed by atoms with Gasteiger partial charge in [-0.2, -0.15) is 0 Å². The SMILES string of the molecule is CS(=O)(=O)NC(=O)CCCCCC[C@@H]1C(CCC(O)C(=O)c2cc3ccccc3s2)[C@H](O)C[C@@H]1O. The van der Waals surface area contributed by atoms with Crippen molar-refractivity contribution in [2.24, 2.45) is 11.8 Å². The lowest BCUT2D eigenvalue weighted by molar-refractivity contribution is -0.119. The molecule has 1 fully saturated rings. The first-order valence-corrected chi connectivity index (χ1v) is 14.8. The fraction of sp³-hybridized carbons (Fsp3) is 0.600. The molecule has 3 rings (SSSR count). The molecule has 1 amide bonds. The van der Waals surface area contributed by atoms with Crippen molar-refractivity contribution in [2.75, 3.05) is 6.26 Å². The molecule has 2 unspecified atom stereocenters. The van der Waals surface area contributed by atoms with Crippen LogP contribution in [0.4, 0.5) is 0 Å². The van der Waals surface area contributed by atoms with Crippen molar-refractivity contribution in [3.8, 4) is 0 Å². The fourth-order valence-electron chi connectivity index (χ4n) is 5.01. The minimum Gasteiger partial charge on any atom is -0.393 e. The molecule has 194 valence electrons. The number of ketones is 1. The van der Waals surface area contributed by atoms with Crippen LogP contribution in [0.25, 0.3) is 10.1 Å². The minimum atomic E-state index is -3.53. The van der Waals surface area contributed by atoms with Gasteiger partial charge in [0.2, 0.25) is 21.7 Å². The Kier molecular flexibility index (Phi) is 9.83. The minimum absolute atomic E-state index is 0.106. The highest BCUT2D eigenvalue weighted by Crippen LogP contribution is 2.39. The van der Waals surface area contributed by atoms with Crippen LogP contribution in [0.5, 0.6) is 0 Å². The zero-order valence-corrected chi connectivity index (χ0v) is 21.6. The molecule has 35 heavy (non-hydrogen) atoms. The van der Waals surface area contributed by atoms with Crippen molar-refractivity contribution >= 4 is 43.1 Å². The molecule has 4 N–H and O–H groups in total. The van der Waals surface area contributed by atoms with E-state index in [0.29, 0.717) is 30.6 Å². The van der Waals surface area contributed by atoms with Gasteiger partial charge in [-0.25, -0.2) is 8.42 Å². The van der Waals surface area contributed by atoms with Crippen molar-refractivity contribution < 1.29 is 33.3 Å². The van der Waals surface area contributed by atoms with Gasteiger partial charge in [-0.3, -0.25) is 14.3 Å². The number of nitrogens with one attached hydrogen (secondary N) is 1. The largest absolute Gasteiger partial charge is 0.393 e. The zero-order valence-electron chi connectivity index (χ0n) is 19.9. The summed E-state index contributed by atoms with van der Waals surface area (Å²) < 4.78 is 25.0. The standard InChI is InChI=1S/C25H35NO7S2/c1-35(32,33)26-24(30)11-5-3-2-4-9-17-18(21(29)15-20(17)28)12-13-19(27)25(31)23-14-16-8-6-7-10-22(16)34-23/h6-8,10,14,17-21,27-29H,2-5,9,11-13,15H2,1H3,(H,26,30)/t17-,18?,19?,20+,21-/m1/s1. The average molecular weight is 526 g/mol. The van der Waals surface area contributed by atoms with E-state index < -0.39 is 34.2 Å². The van der Waals surface area contributed by atoms with Crippen LogP contribution in [0.1, 0.15) is 67.5 Å². The van der Waals surface area contributed by atoms with Gasteiger partial charge in [0.1, 0.15) is 6.10 Å². The summed E-state index contributed by atoms with van der Waals surface area (Å²) in [7, 11) is -3.53. The monoisotopic (exact) mass is 525 g/mol. The van der Waals surface area contributed by atoms with E-state index in [1.165, 1.54) is 11.3 Å². The van der Waals surface area contributed by atoms with Crippen molar-refractivity contribution in [3.05, 3.63) is 35.2 Å². The number of aliphatic hydroxyl groups excluding tert-OH is 3. The molecule has 0 bridgehead atoms. The van der Waals surface area contributed by atoms with Crippen molar-refractivity contribution in [2.45, 2.75) is 76.1 Å². The maximum absolute atomic E-state index is 12.7. The lowest BCUT2D eigenvalue weighted by Crippen LogP contribution is -2.28. The number of amides is 1. The van der Waals surface area contributed by atoms with E-state index in [2.05, 4.69) is 0 Å². The van der Waals surface area contributed by atoms with Gasteiger partial charge in [0, 0.05) is 11.1 Å². The van der Waals surface area contributed by atoms with Gasteiger partial charge in [0.05, 0.1) is 23.3 Å². The number of hydrogen-bond acceptors (Lipinski definition) is 8.